The van der Waals surface area contributed by atoms with E-state index in [1.165, 1.54) is 34.6 Å². The molecule has 0 unspecified atom stereocenters. The van der Waals surface area contributed by atoms with Gasteiger partial charge >= 0.3 is 0 Å². The van der Waals surface area contributed by atoms with Crippen LogP contribution in [-0.4, -0.2) is 44.0 Å². The van der Waals surface area contributed by atoms with Crippen molar-refractivity contribution in [1.29, 1.82) is 0 Å². The third-order valence-electron chi connectivity index (χ3n) is 4.98. The normalized spacial score (nSPS) is 15.8. The number of piperidine rings is 1. The van der Waals surface area contributed by atoms with Crippen molar-refractivity contribution in [2.45, 2.75) is 29.1 Å². The van der Waals surface area contributed by atoms with E-state index < -0.39 is 15.8 Å². The van der Waals surface area contributed by atoms with Crippen LogP contribution in [0.25, 0.3) is 0 Å². The fourth-order valence-electron chi connectivity index (χ4n) is 3.30. The average molecular weight is 455 g/mol. The maximum absolute atomic E-state index is 13.9. The van der Waals surface area contributed by atoms with E-state index in [0.717, 1.165) is 23.1 Å². The first-order chi connectivity index (χ1) is 14.4. The average Bonchev–Trinajstić information content (AvgIpc) is 2.75. The highest BCUT2D eigenvalue weighted by Crippen LogP contribution is 2.25. The number of hydrogen-bond donors (Lipinski definition) is 1. The van der Waals surface area contributed by atoms with Gasteiger partial charge in [-0.25, -0.2) is 17.2 Å². The summed E-state index contributed by atoms with van der Waals surface area (Å²) in [7, 11) is -3.89. The van der Waals surface area contributed by atoms with E-state index in [2.05, 4.69) is 5.32 Å². The monoisotopic (exact) mass is 454 g/mol. The van der Waals surface area contributed by atoms with Crippen LogP contribution < -0.4 is 5.32 Å². The van der Waals surface area contributed by atoms with Crippen LogP contribution in [0.3, 0.4) is 0 Å². The summed E-state index contributed by atoms with van der Waals surface area (Å²) in [6, 6.07) is 11.6. The topological polar surface area (TPSA) is 66.5 Å². The molecule has 3 rings (SSSR count). The Morgan fingerprint density at radius 1 is 1.07 bits per heavy atom. The first-order valence-corrected chi connectivity index (χ1v) is 12.2. The van der Waals surface area contributed by atoms with Gasteiger partial charge in [-0.2, -0.15) is 4.31 Å². The number of rotatable bonds is 8. The van der Waals surface area contributed by atoms with Crippen molar-refractivity contribution in [3.8, 4) is 0 Å². The van der Waals surface area contributed by atoms with Crippen molar-refractivity contribution in [2.75, 3.05) is 25.4 Å². The molecule has 1 aliphatic rings. The van der Waals surface area contributed by atoms with E-state index >= 15 is 0 Å². The zero-order valence-electron chi connectivity index (χ0n) is 16.4. The molecule has 0 bridgehead atoms. The highest BCUT2D eigenvalue weighted by atomic mass is 32.2. The molecule has 1 N–H and O–H groups in total. The summed E-state index contributed by atoms with van der Waals surface area (Å²) in [5, 5.41) is 2.90. The van der Waals surface area contributed by atoms with Crippen molar-refractivity contribution in [2.24, 2.45) is 5.92 Å². The van der Waals surface area contributed by atoms with Gasteiger partial charge in [0.15, 0.2) is 0 Å². The number of thioether (sulfide) groups is 1. The van der Waals surface area contributed by atoms with Gasteiger partial charge in [0.25, 0.3) is 0 Å². The summed E-state index contributed by atoms with van der Waals surface area (Å²) in [6.07, 6.45) is 1.59. The van der Waals surface area contributed by atoms with E-state index in [9.17, 15) is 22.0 Å². The number of nitrogens with one attached hydrogen (secondary N) is 1. The Kier molecular flexibility index (Phi) is 7.85. The van der Waals surface area contributed by atoms with Gasteiger partial charge in [0.05, 0.1) is 0 Å². The first kappa shape index (κ1) is 22.7. The standard InChI is InChI=1S/C21H24F2N2O3S2/c22-17-6-8-18(9-7-17)29-15-3-12-24-21(26)16-10-13-25(14-11-16)30(27,28)20-5-2-1-4-19(20)23/h1-2,4-9,16H,3,10-15H2,(H,24,26). The maximum Gasteiger partial charge on any atom is 0.245 e. The lowest BCUT2D eigenvalue weighted by molar-refractivity contribution is -0.126. The van der Waals surface area contributed by atoms with Crippen LogP contribution in [0.2, 0.25) is 0 Å². The molecule has 1 aliphatic heterocycles. The van der Waals surface area contributed by atoms with Crippen LogP contribution in [0.15, 0.2) is 58.3 Å². The zero-order chi connectivity index (χ0) is 21.6. The zero-order valence-corrected chi connectivity index (χ0v) is 18.0. The Bertz CT molecular complexity index is 960. The smallest absolute Gasteiger partial charge is 0.245 e. The van der Waals surface area contributed by atoms with Crippen molar-refractivity contribution < 1.29 is 22.0 Å². The summed E-state index contributed by atoms with van der Waals surface area (Å²) in [5.41, 5.74) is 0. The molecule has 0 aliphatic carbocycles. The number of sulfonamides is 1. The summed E-state index contributed by atoms with van der Waals surface area (Å²) >= 11 is 1.60. The Morgan fingerprint density at radius 3 is 2.40 bits per heavy atom. The molecule has 1 fully saturated rings. The Balaban J connectivity index is 1.40. The maximum atomic E-state index is 13.9. The van der Waals surface area contributed by atoms with Gasteiger partial charge in [-0.3, -0.25) is 4.79 Å². The fourth-order valence-corrected chi connectivity index (χ4v) is 5.69. The van der Waals surface area contributed by atoms with E-state index in [4.69, 9.17) is 0 Å². The first-order valence-electron chi connectivity index (χ1n) is 9.78. The van der Waals surface area contributed by atoms with Crippen molar-refractivity contribution in [3.63, 3.8) is 0 Å². The number of amides is 1. The third kappa shape index (κ3) is 5.80. The Hall–Kier alpha value is -1.97. The fraction of sp³-hybridized carbons (Fsp3) is 0.381. The Labute approximate surface area is 179 Å². The molecule has 1 heterocycles. The second-order valence-corrected chi connectivity index (χ2v) is 10.1. The molecule has 2 aromatic rings. The van der Waals surface area contributed by atoms with E-state index in [1.807, 2.05) is 0 Å². The van der Waals surface area contributed by atoms with Gasteiger partial charge in [-0.15, -0.1) is 11.8 Å². The molecule has 1 saturated heterocycles. The highest BCUT2D eigenvalue weighted by molar-refractivity contribution is 7.99. The predicted octanol–water partition coefficient (Wildman–Crippen LogP) is 3.66. The summed E-state index contributed by atoms with van der Waals surface area (Å²) in [6.45, 7) is 0.908. The minimum Gasteiger partial charge on any atom is -0.356 e. The molecule has 9 heteroatoms. The van der Waals surface area contributed by atoms with Crippen LogP contribution in [0.1, 0.15) is 19.3 Å². The third-order valence-corrected chi connectivity index (χ3v) is 8.01. The van der Waals surface area contributed by atoms with E-state index in [1.54, 1.807) is 23.9 Å². The minimum atomic E-state index is -3.89. The predicted molar refractivity (Wildman–Crippen MR) is 113 cm³/mol. The summed E-state index contributed by atoms with van der Waals surface area (Å²) in [4.78, 5) is 13.0. The van der Waals surface area contributed by atoms with E-state index in [0.29, 0.717) is 19.4 Å². The van der Waals surface area contributed by atoms with Gasteiger partial charge in [-0.1, -0.05) is 12.1 Å². The number of carbonyl (C=O) groups is 1. The second-order valence-electron chi connectivity index (χ2n) is 7.06. The largest absolute Gasteiger partial charge is 0.356 e. The van der Waals surface area contributed by atoms with Crippen LogP contribution in [-0.2, 0) is 14.8 Å². The number of halogens is 2. The molecule has 2 aromatic carbocycles. The van der Waals surface area contributed by atoms with Crippen LogP contribution in [0, 0.1) is 17.6 Å². The van der Waals surface area contributed by atoms with Gasteiger partial charge in [0, 0.05) is 30.4 Å². The molecule has 0 aromatic heterocycles. The molecule has 0 atom stereocenters. The molecule has 5 nitrogen and oxygen atoms in total. The number of benzene rings is 2. The number of nitrogens with zero attached hydrogens (tertiary/aromatic N) is 1. The molecular formula is C21H24F2N2O3S2. The van der Waals surface area contributed by atoms with Crippen LogP contribution >= 0.6 is 11.8 Å². The van der Waals surface area contributed by atoms with Crippen LogP contribution in [0.4, 0.5) is 8.78 Å². The summed E-state index contributed by atoms with van der Waals surface area (Å²) < 4.78 is 53.3. The van der Waals surface area contributed by atoms with Gasteiger partial charge in [0.2, 0.25) is 15.9 Å². The molecule has 0 radical (unpaired) electrons. The molecule has 162 valence electrons. The molecule has 0 spiro atoms. The lowest BCUT2D eigenvalue weighted by atomic mass is 9.97. The number of hydrogen-bond acceptors (Lipinski definition) is 4. The second kappa shape index (κ2) is 10.4. The molecular weight excluding hydrogens is 430 g/mol. The lowest BCUT2D eigenvalue weighted by Crippen LogP contribution is -2.43. The number of carbonyl (C=O) groups excluding carboxylic acids is 1. The Morgan fingerprint density at radius 2 is 1.73 bits per heavy atom. The highest BCUT2D eigenvalue weighted by Gasteiger charge is 2.33. The SMILES string of the molecule is O=C(NCCCSc1ccc(F)cc1)C1CCN(S(=O)(=O)c2ccccc2F)CC1. The van der Waals surface area contributed by atoms with Gasteiger partial charge in [0.1, 0.15) is 16.5 Å². The lowest BCUT2D eigenvalue weighted by Gasteiger charge is -2.30. The molecule has 0 saturated carbocycles. The summed E-state index contributed by atoms with van der Waals surface area (Å²) in [5.74, 6) is -0.563. The quantitative estimate of drug-likeness (QED) is 0.488. The van der Waals surface area contributed by atoms with Gasteiger partial charge < -0.3 is 5.32 Å². The van der Waals surface area contributed by atoms with Crippen molar-refractivity contribution in [3.05, 3.63) is 60.2 Å². The van der Waals surface area contributed by atoms with E-state index in [-0.39, 0.29) is 35.6 Å². The van der Waals surface area contributed by atoms with Crippen molar-refractivity contribution in [1.82, 2.24) is 9.62 Å². The van der Waals surface area contributed by atoms with Crippen molar-refractivity contribution >= 4 is 27.7 Å². The molecule has 30 heavy (non-hydrogen) atoms. The van der Waals surface area contributed by atoms with Gasteiger partial charge in [-0.05, 0) is 61.4 Å². The van der Waals surface area contributed by atoms with Crippen LogP contribution in [0.5, 0.6) is 0 Å². The minimum absolute atomic E-state index is 0.0790. The molecule has 1 amide bonds.